The molecule has 0 heterocycles. The van der Waals surface area contributed by atoms with Gasteiger partial charge in [-0.3, -0.25) is 0 Å². The molecule has 0 aliphatic heterocycles. The minimum absolute atomic E-state index is 0.846. The molecule has 0 aromatic rings. The third-order valence-corrected chi connectivity index (χ3v) is 4.11. The van der Waals surface area contributed by atoms with Gasteiger partial charge in [-0.15, -0.1) is 0 Å². The van der Waals surface area contributed by atoms with Crippen LogP contribution in [0.1, 0.15) is 25.7 Å². The Morgan fingerprint density at radius 1 is 1.43 bits per heavy atom. The maximum absolute atomic E-state index is 2.44. The molecule has 0 spiro atoms. The summed E-state index contributed by atoms with van der Waals surface area (Å²) >= 11 is 0.846. The van der Waals surface area contributed by atoms with Crippen LogP contribution in [0.3, 0.4) is 0 Å². The molecule has 0 unspecified atom stereocenters. The van der Waals surface area contributed by atoms with E-state index in [0.717, 1.165) is 22.5 Å². The first-order valence-corrected chi connectivity index (χ1v) is 5.90. The van der Waals surface area contributed by atoms with E-state index in [0.29, 0.717) is 0 Å². The zero-order chi connectivity index (χ0) is 5.11. The summed E-state index contributed by atoms with van der Waals surface area (Å²) in [6.07, 6.45) is 8.18. The fourth-order valence-electron chi connectivity index (χ4n) is 0.999. The predicted molar refractivity (Wildman–Crippen MR) is 36.5 cm³/mol. The fraction of sp³-hybridized carbons (Fsp3) is 0.667. The number of hydrogen-bond acceptors (Lipinski definition) is 0. The van der Waals surface area contributed by atoms with Crippen molar-refractivity contribution in [2.45, 2.75) is 25.7 Å². The average Bonchev–Trinajstić information content (AvgIpc) is 1.69. The molecule has 7 heavy (non-hydrogen) atoms. The molecule has 0 nitrogen and oxygen atoms in total. The zero-order valence-electron chi connectivity index (χ0n) is 4.91. The van der Waals surface area contributed by atoms with Gasteiger partial charge in [-0.2, -0.15) is 0 Å². The van der Waals surface area contributed by atoms with E-state index in [1.54, 1.807) is 3.59 Å². The summed E-state index contributed by atoms with van der Waals surface area (Å²) in [7, 11) is 0. The van der Waals surface area contributed by atoms with Gasteiger partial charge in [0, 0.05) is 0 Å². The number of hydrogen-bond donors (Lipinski definition) is 0. The third-order valence-electron chi connectivity index (χ3n) is 1.52. The monoisotopic (exact) mass is 204 g/mol. The molecular weight excluding hydrogens is 191 g/mol. The predicted octanol–water partition coefficient (Wildman–Crippen LogP) is 0.810. The van der Waals surface area contributed by atoms with Crippen molar-refractivity contribution in [2.75, 3.05) is 0 Å². The van der Waals surface area contributed by atoms with Gasteiger partial charge in [0.2, 0.25) is 0 Å². The van der Waals surface area contributed by atoms with Crippen LogP contribution in [0.15, 0.2) is 9.67 Å². The van der Waals surface area contributed by atoms with E-state index in [9.17, 15) is 0 Å². The van der Waals surface area contributed by atoms with E-state index >= 15 is 0 Å². The van der Waals surface area contributed by atoms with Crippen LogP contribution in [0.4, 0.5) is 0 Å². The van der Waals surface area contributed by atoms with Gasteiger partial charge < -0.3 is 0 Å². The van der Waals surface area contributed by atoms with Crippen molar-refractivity contribution in [1.29, 1.82) is 0 Å². The fourth-order valence-corrected chi connectivity index (χ4v) is 2.83. The second-order valence-corrected chi connectivity index (χ2v) is 5.96. The average molecular weight is 203 g/mol. The molecule has 40 valence electrons. The molecule has 0 fully saturated rings. The van der Waals surface area contributed by atoms with E-state index in [-0.39, 0.29) is 0 Å². The Balaban J connectivity index is 2.40. The second kappa shape index (κ2) is 2.75. The molecule has 0 atom stereocenters. The van der Waals surface area contributed by atoms with Crippen LogP contribution in [-0.4, -0.2) is 22.5 Å². The summed E-state index contributed by atoms with van der Waals surface area (Å²) in [4.78, 5) is 0. The van der Waals surface area contributed by atoms with Crippen molar-refractivity contribution in [2.24, 2.45) is 0 Å². The van der Waals surface area contributed by atoms with Crippen LogP contribution < -0.4 is 0 Å². The topological polar surface area (TPSA) is 0 Å². The summed E-state index contributed by atoms with van der Waals surface area (Å²) in [6.45, 7) is 0. The molecular formula is C6H12Sn. The Morgan fingerprint density at radius 2 is 2.29 bits per heavy atom. The van der Waals surface area contributed by atoms with Gasteiger partial charge in [0.15, 0.2) is 0 Å². The Hall–Kier alpha value is 0.539. The SMILES string of the molecule is [SnH3][C]1=CCCCC1. The molecule has 1 aliphatic carbocycles. The molecule has 0 aromatic heterocycles. The second-order valence-electron chi connectivity index (χ2n) is 2.30. The molecule has 0 bridgehead atoms. The molecule has 1 rings (SSSR count). The van der Waals surface area contributed by atoms with Crippen molar-refractivity contribution in [3.63, 3.8) is 0 Å². The first kappa shape index (κ1) is 5.67. The summed E-state index contributed by atoms with van der Waals surface area (Å²) in [5.41, 5.74) is 0. The first-order valence-electron chi connectivity index (χ1n) is 3.05. The van der Waals surface area contributed by atoms with E-state index < -0.39 is 0 Å². The van der Waals surface area contributed by atoms with Crippen molar-refractivity contribution in [3.8, 4) is 0 Å². The summed E-state index contributed by atoms with van der Waals surface area (Å²) < 4.78 is 1.80. The molecule has 1 heteroatoms. The van der Waals surface area contributed by atoms with E-state index in [2.05, 4.69) is 6.08 Å². The van der Waals surface area contributed by atoms with Crippen molar-refractivity contribution in [1.82, 2.24) is 0 Å². The van der Waals surface area contributed by atoms with Gasteiger partial charge in [0.05, 0.1) is 0 Å². The maximum atomic E-state index is 2.44. The van der Waals surface area contributed by atoms with Crippen LogP contribution in [0.25, 0.3) is 0 Å². The van der Waals surface area contributed by atoms with Gasteiger partial charge in [-0.25, -0.2) is 0 Å². The molecule has 1 aliphatic rings. The van der Waals surface area contributed by atoms with E-state index in [4.69, 9.17) is 0 Å². The van der Waals surface area contributed by atoms with Crippen molar-refractivity contribution in [3.05, 3.63) is 9.67 Å². The Kier molecular flexibility index (Phi) is 2.23. The number of rotatable bonds is 0. The van der Waals surface area contributed by atoms with E-state index in [1.807, 2.05) is 0 Å². The summed E-state index contributed by atoms with van der Waals surface area (Å²) in [5, 5.41) is 0. The van der Waals surface area contributed by atoms with Crippen LogP contribution in [0, 0.1) is 0 Å². The van der Waals surface area contributed by atoms with Gasteiger partial charge >= 0.3 is 57.9 Å². The van der Waals surface area contributed by atoms with Crippen molar-refractivity contribution >= 4 is 22.5 Å². The Labute approximate surface area is 58.1 Å². The van der Waals surface area contributed by atoms with Gasteiger partial charge in [-0.05, 0) is 0 Å². The van der Waals surface area contributed by atoms with Crippen LogP contribution in [-0.2, 0) is 0 Å². The molecule has 0 N–H and O–H groups in total. The quantitative estimate of drug-likeness (QED) is 0.511. The van der Waals surface area contributed by atoms with Crippen LogP contribution in [0.5, 0.6) is 0 Å². The first-order chi connectivity index (χ1) is 3.39. The summed E-state index contributed by atoms with van der Waals surface area (Å²) in [5.74, 6) is 0. The van der Waals surface area contributed by atoms with Crippen LogP contribution >= 0.6 is 0 Å². The Morgan fingerprint density at radius 3 is 2.57 bits per heavy atom. The minimum atomic E-state index is 0.846. The zero-order valence-corrected chi connectivity index (χ0v) is 10.6. The van der Waals surface area contributed by atoms with E-state index in [1.165, 1.54) is 25.7 Å². The van der Waals surface area contributed by atoms with Gasteiger partial charge in [0.1, 0.15) is 0 Å². The standard InChI is InChI=1S/C6H9.Sn.3H/c1-2-4-6-5-3-1;;;;/h1H,2,4-6H2;;;;. The molecule has 0 saturated heterocycles. The molecule has 0 radical (unpaired) electrons. The third kappa shape index (κ3) is 1.85. The molecule has 0 aromatic carbocycles. The number of allylic oxidation sites excluding steroid dienone is 2. The van der Waals surface area contributed by atoms with Crippen molar-refractivity contribution < 1.29 is 0 Å². The van der Waals surface area contributed by atoms with Gasteiger partial charge in [-0.1, -0.05) is 0 Å². The summed E-state index contributed by atoms with van der Waals surface area (Å²) in [6, 6.07) is 0. The van der Waals surface area contributed by atoms with Gasteiger partial charge in [0.25, 0.3) is 0 Å². The van der Waals surface area contributed by atoms with Crippen LogP contribution in [0.2, 0.25) is 0 Å². The molecule has 0 amide bonds. The molecule has 0 saturated carbocycles. The normalized spacial score (nSPS) is 22.0. The Bertz CT molecular complexity index is 84.2.